The Hall–Kier alpha value is -1.89. The van der Waals surface area contributed by atoms with Gasteiger partial charge in [-0.15, -0.1) is 0 Å². The maximum absolute atomic E-state index is 10.8. The van der Waals surface area contributed by atoms with Crippen LogP contribution >= 0.6 is 12.2 Å². The van der Waals surface area contributed by atoms with Gasteiger partial charge >= 0.3 is 0 Å². The number of para-hydroxylation sites is 2. The van der Waals surface area contributed by atoms with Crippen molar-refractivity contribution in [3.63, 3.8) is 0 Å². The van der Waals surface area contributed by atoms with Gasteiger partial charge in [-0.25, -0.2) is 0 Å². The third-order valence-corrected chi connectivity index (χ3v) is 2.45. The minimum atomic E-state index is -0.404. The van der Waals surface area contributed by atoms with E-state index < -0.39 is 4.92 Å². The number of hydrogen-bond acceptors (Lipinski definition) is 4. The average molecular weight is 268 g/mol. The molecule has 98 valence electrons. The second-order valence-corrected chi connectivity index (χ2v) is 3.90. The minimum absolute atomic E-state index is 0.0757. The van der Waals surface area contributed by atoms with Crippen molar-refractivity contribution in [2.24, 2.45) is 0 Å². The van der Waals surface area contributed by atoms with Crippen molar-refractivity contribution in [3.8, 4) is 0 Å². The molecule has 0 radical (unpaired) electrons. The molecule has 6 nitrogen and oxygen atoms in total. The first-order chi connectivity index (χ1) is 8.65. The second kappa shape index (κ2) is 7.44. The quantitative estimate of drug-likeness (QED) is 0.314. The van der Waals surface area contributed by atoms with Crippen LogP contribution in [0.2, 0.25) is 0 Å². The fourth-order valence-corrected chi connectivity index (χ4v) is 1.62. The van der Waals surface area contributed by atoms with Crippen LogP contribution < -0.4 is 16.0 Å². The molecule has 1 aromatic carbocycles. The van der Waals surface area contributed by atoms with Crippen LogP contribution in [0.4, 0.5) is 11.4 Å². The van der Waals surface area contributed by atoms with Crippen molar-refractivity contribution < 1.29 is 4.92 Å². The van der Waals surface area contributed by atoms with Crippen LogP contribution in [0.1, 0.15) is 6.92 Å². The summed E-state index contributed by atoms with van der Waals surface area (Å²) in [6.07, 6.45) is 0. The summed E-state index contributed by atoms with van der Waals surface area (Å²) in [5.41, 5.74) is 0.588. The largest absolute Gasteiger partial charge is 0.378 e. The molecule has 0 fully saturated rings. The highest BCUT2D eigenvalue weighted by molar-refractivity contribution is 7.80. The zero-order valence-corrected chi connectivity index (χ0v) is 10.9. The lowest BCUT2D eigenvalue weighted by molar-refractivity contribution is -0.384. The summed E-state index contributed by atoms with van der Waals surface area (Å²) < 4.78 is 0. The van der Waals surface area contributed by atoms with E-state index in [4.69, 9.17) is 12.2 Å². The van der Waals surface area contributed by atoms with Gasteiger partial charge in [0, 0.05) is 25.7 Å². The molecule has 0 amide bonds. The summed E-state index contributed by atoms with van der Waals surface area (Å²) in [4.78, 5) is 10.4. The maximum Gasteiger partial charge on any atom is 0.292 e. The summed E-state index contributed by atoms with van der Waals surface area (Å²) in [6.45, 7) is 3.87. The molecule has 18 heavy (non-hydrogen) atoms. The molecule has 0 atom stereocenters. The molecule has 0 aromatic heterocycles. The first-order valence-electron chi connectivity index (χ1n) is 5.64. The lowest BCUT2D eigenvalue weighted by Crippen LogP contribution is -2.37. The molecular weight excluding hydrogens is 252 g/mol. The monoisotopic (exact) mass is 268 g/mol. The number of thiocarbonyl (C=S) groups is 1. The topological polar surface area (TPSA) is 79.2 Å². The molecule has 1 aromatic rings. The fraction of sp³-hybridized carbons (Fsp3) is 0.364. The number of nitrogens with one attached hydrogen (secondary N) is 3. The molecule has 0 saturated carbocycles. The van der Waals surface area contributed by atoms with Gasteiger partial charge in [0.25, 0.3) is 5.69 Å². The Morgan fingerprint density at radius 2 is 2.06 bits per heavy atom. The van der Waals surface area contributed by atoms with E-state index >= 15 is 0 Å². The Bertz CT molecular complexity index is 425. The van der Waals surface area contributed by atoms with Gasteiger partial charge in [0.15, 0.2) is 5.11 Å². The van der Waals surface area contributed by atoms with E-state index in [0.717, 1.165) is 6.54 Å². The summed E-state index contributed by atoms with van der Waals surface area (Å²) in [6, 6.07) is 6.55. The molecule has 3 N–H and O–H groups in total. The first kappa shape index (κ1) is 14.2. The molecule has 0 heterocycles. The number of anilines is 1. The van der Waals surface area contributed by atoms with Crippen molar-refractivity contribution in [2.45, 2.75) is 6.92 Å². The summed E-state index contributed by atoms with van der Waals surface area (Å²) >= 11 is 4.99. The van der Waals surface area contributed by atoms with Gasteiger partial charge in [-0.1, -0.05) is 12.1 Å². The fourth-order valence-electron chi connectivity index (χ4n) is 1.38. The van der Waals surface area contributed by atoms with Gasteiger partial charge in [0.05, 0.1) is 4.92 Å². The summed E-state index contributed by atoms with van der Waals surface area (Å²) in [7, 11) is 0. The van der Waals surface area contributed by atoms with Gasteiger partial charge in [-0.05, 0) is 25.2 Å². The number of nitro benzene ring substituents is 1. The molecular formula is C11H16N4O2S. The Kier molecular flexibility index (Phi) is 5.86. The van der Waals surface area contributed by atoms with E-state index in [9.17, 15) is 10.1 Å². The van der Waals surface area contributed by atoms with Crippen LogP contribution in [0, 0.1) is 10.1 Å². The Morgan fingerprint density at radius 1 is 1.33 bits per heavy atom. The summed E-state index contributed by atoms with van der Waals surface area (Å²) in [5.74, 6) is 0. The number of benzene rings is 1. The number of rotatable bonds is 6. The maximum atomic E-state index is 10.8. The third kappa shape index (κ3) is 4.54. The smallest absolute Gasteiger partial charge is 0.292 e. The van der Waals surface area contributed by atoms with Crippen LogP contribution in [0.3, 0.4) is 0 Å². The normalized spacial score (nSPS) is 9.61. The van der Waals surface area contributed by atoms with Crippen LogP contribution in [-0.2, 0) is 0 Å². The molecule has 7 heteroatoms. The number of nitrogens with zero attached hydrogens (tertiary/aromatic N) is 1. The van der Waals surface area contributed by atoms with Crippen LogP contribution in [0.5, 0.6) is 0 Å². The number of nitro groups is 1. The molecule has 0 unspecified atom stereocenters. The Labute approximate surface area is 111 Å². The standard InChI is InChI=1S/C11H16N4O2S/c1-2-12-11(18)14-8-7-13-9-5-3-4-6-10(9)15(16)17/h3-6,13H,2,7-8H2,1H3,(H2,12,14,18). The lowest BCUT2D eigenvalue weighted by atomic mass is 10.2. The molecule has 0 aliphatic carbocycles. The zero-order chi connectivity index (χ0) is 13.4. The van der Waals surface area contributed by atoms with Crippen molar-refractivity contribution in [2.75, 3.05) is 25.0 Å². The van der Waals surface area contributed by atoms with E-state index in [-0.39, 0.29) is 5.69 Å². The van der Waals surface area contributed by atoms with Gasteiger partial charge in [0.2, 0.25) is 0 Å². The van der Waals surface area contributed by atoms with Crippen LogP contribution in [0.25, 0.3) is 0 Å². The Morgan fingerprint density at radius 3 is 2.72 bits per heavy atom. The predicted octanol–water partition coefficient (Wildman–Crippen LogP) is 1.49. The van der Waals surface area contributed by atoms with Crippen molar-refractivity contribution in [1.82, 2.24) is 10.6 Å². The van der Waals surface area contributed by atoms with E-state index in [1.807, 2.05) is 6.92 Å². The summed E-state index contributed by atoms with van der Waals surface area (Å²) in [5, 5.41) is 20.3. The molecule has 0 bridgehead atoms. The molecule has 0 aliphatic heterocycles. The van der Waals surface area contributed by atoms with E-state index in [1.54, 1.807) is 18.2 Å². The Balaban J connectivity index is 2.40. The van der Waals surface area contributed by atoms with Crippen molar-refractivity contribution in [1.29, 1.82) is 0 Å². The number of hydrogen-bond donors (Lipinski definition) is 3. The van der Waals surface area contributed by atoms with Crippen molar-refractivity contribution >= 4 is 28.7 Å². The van der Waals surface area contributed by atoms with E-state index in [2.05, 4.69) is 16.0 Å². The zero-order valence-electron chi connectivity index (χ0n) is 10.1. The average Bonchev–Trinajstić information content (AvgIpc) is 2.35. The van der Waals surface area contributed by atoms with Crippen LogP contribution in [0.15, 0.2) is 24.3 Å². The van der Waals surface area contributed by atoms with Gasteiger partial charge < -0.3 is 16.0 Å². The molecule has 0 saturated heterocycles. The molecule has 1 rings (SSSR count). The van der Waals surface area contributed by atoms with E-state index in [0.29, 0.717) is 23.9 Å². The SMILES string of the molecule is CCNC(=S)NCCNc1ccccc1[N+](=O)[O-]. The molecule has 0 aliphatic rings. The van der Waals surface area contributed by atoms with Gasteiger partial charge in [-0.2, -0.15) is 0 Å². The van der Waals surface area contributed by atoms with Crippen molar-refractivity contribution in [3.05, 3.63) is 34.4 Å². The minimum Gasteiger partial charge on any atom is -0.378 e. The molecule has 0 spiro atoms. The van der Waals surface area contributed by atoms with Gasteiger partial charge in [0.1, 0.15) is 5.69 Å². The predicted molar refractivity (Wildman–Crippen MR) is 75.9 cm³/mol. The lowest BCUT2D eigenvalue weighted by Gasteiger charge is -2.10. The highest BCUT2D eigenvalue weighted by Gasteiger charge is 2.10. The van der Waals surface area contributed by atoms with Gasteiger partial charge in [-0.3, -0.25) is 10.1 Å². The highest BCUT2D eigenvalue weighted by Crippen LogP contribution is 2.22. The second-order valence-electron chi connectivity index (χ2n) is 3.49. The van der Waals surface area contributed by atoms with E-state index in [1.165, 1.54) is 6.07 Å². The third-order valence-electron chi connectivity index (χ3n) is 2.16. The van der Waals surface area contributed by atoms with Crippen LogP contribution in [-0.4, -0.2) is 29.7 Å². The first-order valence-corrected chi connectivity index (χ1v) is 6.05. The highest BCUT2D eigenvalue weighted by atomic mass is 32.1.